The minimum absolute atomic E-state index is 0.0252. The van der Waals surface area contributed by atoms with Crippen molar-refractivity contribution < 1.29 is 34.0 Å². The summed E-state index contributed by atoms with van der Waals surface area (Å²) in [5.74, 6) is 1.31. The van der Waals surface area contributed by atoms with Gasteiger partial charge in [-0.3, -0.25) is 9.78 Å². The molecule has 0 bridgehead atoms. The van der Waals surface area contributed by atoms with Crippen molar-refractivity contribution in [3.8, 4) is 16.9 Å². The fraction of sp³-hybridized carbons (Fsp3) is 0.513. The monoisotopic (exact) mass is 739 g/mol. The molecular weight excluding hydrogens is 690 g/mol. The van der Waals surface area contributed by atoms with Gasteiger partial charge in [-0.1, -0.05) is 29.8 Å². The highest BCUT2D eigenvalue weighted by Crippen LogP contribution is 2.53. The van der Waals surface area contributed by atoms with Gasteiger partial charge in [0.05, 0.1) is 24.9 Å². The molecule has 2 aliphatic rings. The van der Waals surface area contributed by atoms with Crippen molar-refractivity contribution in [1.82, 2.24) is 15.2 Å². The number of ether oxygens (including phenoxy) is 3. The lowest BCUT2D eigenvalue weighted by molar-refractivity contribution is -0.140. The Labute approximate surface area is 310 Å². The number of hydrogen-bond acceptors (Lipinski definition) is 9. The molecule has 2 aliphatic carbocycles. The number of thioether (sulfide) groups is 1. The highest BCUT2D eigenvalue weighted by molar-refractivity contribution is 7.99. The summed E-state index contributed by atoms with van der Waals surface area (Å²) in [7, 11) is 0. The van der Waals surface area contributed by atoms with Crippen molar-refractivity contribution in [3.63, 3.8) is 0 Å². The first-order valence-electron chi connectivity index (χ1n) is 18.1. The Kier molecular flexibility index (Phi) is 14.8. The molecule has 0 radical (unpaired) electrons. The maximum absolute atomic E-state index is 13.1. The van der Waals surface area contributed by atoms with E-state index in [2.05, 4.69) is 22.4 Å². The van der Waals surface area contributed by atoms with Gasteiger partial charge in [-0.25, -0.2) is 4.79 Å². The van der Waals surface area contributed by atoms with Gasteiger partial charge >= 0.3 is 6.09 Å². The standard InChI is InChI=1S/C39H50ClN3O7S/c1-2-48-38(47)42-19-7-21-43(37(46)35(45)10-5-6-23-44)22-8-24-51-30-14-15-34(40)28(25-30)27-49-39(17-18-39)33-26-41-20-16-31(33)32-9-3-4-11-36(32)50-29-12-13-29/h3-4,9,11,14-16,20,25-26,29,35,44-45H,2,5-8,10,12-13,17-19,21-24,27H2,1H3,(H,42,47). The number of hydrogen-bond donors (Lipinski definition) is 3. The number of nitrogens with one attached hydrogen (secondary N) is 1. The van der Waals surface area contributed by atoms with Crippen LogP contribution in [0.3, 0.4) is 0 Å². The van der Waals surface area contributed by atoms with Crippen molar-refractivity contribution in [2.75, 3.05) is 38.6 Å². The quantitative estimate of drug-likeness (QED) is 0.0729. The SMILES string of the molecule is CCOC(=O)NCCCN(CCCSc1ccc(Cl)c(COC2(c3cnccc3-c3ccccc3OC3CC3)CC2)c1)C(=O)C(O)CCCCO. The number of nitrogens with zero attached hydrogens (tertiary/aromatic N) is 2. The Bertz CT molecular complexity index is 1590. The number of aliphatic hydroxyl groups is 2. The zero-order valence-corrected chi connectivity index (χ0v) is 30.9. The third kappa shape index (κ3) is 11.6. The van der Waals surface area contributed by atoms with Crippen molar-refractivity contribution in [1.29, 1.82) is 0 Å². The van der Waals surface area contributed by atoms with Crippen LogP contribution in [0.15, 0.2) is 65.8 Å². The molecule has 1 atom stereocenters. The first-order valence-corrected chi connectivity index (χ1v) is 19.4. The number of rotatable bonds is 22. The predicted octanol–water partition coefficient (Wildman–Crippen LogP) is 7.12. The first kappa shape index (κ1) is 38.9. The highest BCUT2D eigenvalue weighted by Gasteiger charge is 2.48. The van der Waals surface area contributed by atoms with E-state index in [1.54, 1.807) is 23.6 Å². The van der Waals surface area contributed by atoms with E-state index in [0.29, 0.717) is 69.5 Å². The van der Waals surface area contributed by atoms with Gasteiger partial charge in [0.15, 0.2) is 0 Å². The summed E-state index contributed by atoms with van der Waals surface area (Å²) in [6.07, 6.45) is 9.04. The van der Waals surface area contributed by atoms with Crippen molar-refractivity contribution in [2.24, 2.45) is 0 Å². The third-order valence-electron chi connectivity index (χ3n) is 9.01. The van der Waals surface area contributed by atoms with E-state index >= 15 is 0 Å². The predicted molar refractivity (Wildman–Crippen MR) is 199 cm³/mol. The molecule has 3 aromatic rings. The number of halogens is 1. The minimum atomic E-state index is -1.12. The third-order valence-corrected chi connectivity index (χ3v) is 10.5. The van der Waals surface area contributed by atoms with Gasteiger partial charge < -0.3 is 34.6 Å². The van der Waals surface area contributed by atoms with Crippen LogP contribution in [0.1, 0.15) is 75.8 Å². The lowest BCUT2D eigenvalue weighted by Crippen LogP contribution is -2.41. The van der Waals surface area contributed by atoms with E-state index in [1.807, 2.05) is 48.8 Å². The van der Waals surface area contributed by atoms with Gasteiger partial charge in [-0.15, -0.1) is 11.8 Å². The van der Waals surface area contributed by atoms with E-state index in [1.165, 1.54) is 0 Å². The maximum atomic E-state index is 13.1. The van der Waals surface area contributed by atoms with E-state index in [-0.39, 0.29) is 19.1 Å². The van der Waals surface area contributed by atoms with E-state index < -0.39 is 17.8 Å². The Morgan fingerprint density at radius 3 is 2.65 bits per heavy atom. The van der Waals surface area contributed by atoms with Gasteiger partial charge in [0.1, 0.15) is 11.9 Å². The smallest absolute Gasteiger partial charge is 0.407 e. The molecule has 2 aromatic carbocycles. The summed E-state index contributed by atoms with van der Waals surface area (Å²) in [4.78, 5) is 31.9. The number of carbonyl (C=O) groups is 2. The topological polar surface area (TPSA) is 130 Å². The Hall–Kier alpha value is -3.35. The molecule has 5 rings (SSSR count). The largest absolute Gasteiger partial charge is 0.490 e. The van der Waals surface area contributed by atoms with Crippen molar-refractivity contribution in [2.45, 2.75) is 94.0 Å². The highest BCUT2D eigenvalue weighted by atomic mass is 35.5. The molecule has 51 heavy (non-hydrogen) atoms. The van der Waals surface area contributed by atoms with Crippen LogP contribution in [0.5, 0.6) is 5.75 Å². The van der Waals surface area contributed by atoms with Crippen LogP contribution < -0.4 is 10.1 Å². The molecule has 0 aliphatic heterocycles. The summed E-state index contributed by atoms with van der Waals surface area (Å²) >= 11 is 8.35. The second-order valence-corrected chi connectivity index (χ2v) is 14.6. The Morgan fingerprint density at radius 1 is 1.08 bits per heavy atom. The molecule has 2 fully saturated rings. The lowest BCUT2D eigenvalue weighted by atomic mass is 9.96. The van der Waals surface area contributed by atoms with Crippen molar-refractivity contribution >= 4 is 35.4 Å². The number of pyridine rings is 1. The average Bonchev–Trinajstić information content (AvgIpc) is 4.09. The number of amides is 2. The maximum Gasteiger partial charge on any atom is 0.407 e. The zero-order valence-electron chi connectivity index (χ0n) is 29.4. The number of aliphatic hydroxyl groups excluding tert-OH is 2. The van der Waals surface area contributed by atoms with Gasteiger partial charge in [0.2, 0.25) is 0 Å². The number of benzene rings is 2. The zero-order chi connectivity index (χ0) is 36.1. The van der Waals surface area contributed by atoms with Gasteiger partial charge in [-0.2, -0.15) is 0 Å². The van der Waals surface area contributed by atoms with Crippen LogP contribution in [0.25, 0.3) is 11.1 Å². The number of alkyl carbamates (subject to hydrolysis) is 1. The Morgan fingerprint density at radius 2 is 1.88 bits per heavy atom. The molecule has 1 aromatic heterocycles. The Balaban J connectivity index is 1.16. The second-order valence-electron chi connectivity index (χ2n) is 13.0. The summed E-state index contributed by atoms with van der Waals surface area (Å²) in [6.45, 7) is 3.64. The van der Waals surface area contributed by atoms with Gasteiger partial charge in [-0.05, 0) is 112 Å². The second kappa shape index (κ2) is 19.5. The van der Waals surface area contributed by atoms with Crippen molar-refractivity contribution in [3.05, 3.63) is 77.1 Å². The van der Waals surface area contributed by atoms with E-state index in [4.69, 9.17) is 30.9 Å². The molecule has 12 heteroatoms. The number of para-hydroxylation sites is 1. The van der Waals surface area contributed by atoms with Crippen LogP contribution in [0, 0.1) is 0 Å². The fourth-order valence-electron chi connectivity index (χ4n) is 5.93. The molecule has 3 N–H and O–H groups in total. The molecule has 10 nitrogen and oxygen atoms in total. The van der Waals surface area contributed by atoms with Crippen LogP contribution in [0.2, 0.25) is 5.02 Å². The molecule has 1 unspecified atom stereocenters. The summed E-state index contributed by atoms with van der Waals surface area (Å²) in [5, 5.41) is 22.9. The molecule has 1 heterocycles. The minimum Gasteiger partial charge on any atom is -0.490 e. The normalized spacial score (nSPS) is 15.2. The van der Waals surface area contributed by atoms with Gasteiger partial charge in [0.25, 0.3) is 5.91 Å². The molecule has 2 saturated carbocycles. The van der Waals surface area contributed by atoms with E-state index in [0.717, 1.165) is 64.3 Å². The number of carbonyl (C=O) groups excluding carboxylic acids is 2. The van der Waals surface area contributed by atoms with Crippen LogP contribution in [-0.4, -0.2) is 82.9 Å². The molecule has 2 amide bonds. The van der Waals surface area contributed by atoms with E-state index in [9.17, 15) is 14.7 Å². The summed E-state index contributed by atoms with van der Waals surface area (Å²) < 4.78 is 17.8. The number of aromatic nitrogens is 1. The molecule has 276 valence electrons. The number of unbranched alkanes of at least 4 members (excludes halogenated alkanes) is 1. The summed E-state index contributed by atoms with van der Waals surface area (Å²) in [5.41, 5.74) is 3.67. The van der Waals surface area contributed by atoms with Gasteiger partial charge in [0, 0.05) is 59.7 Å². The first-order chi connectivity index (χ1) is 24.8. The molecule has 0 spiro atoms. The van der Waals surface area contributed by atoms with Crippen LogP contribution in [-0.2, 0) is 26.5 Å². The van der Waals surface area contributed by atoms with Crippen LogP contribution >= 0.6 is 23.4 Å². The molecule has 0 saturated heterocycles. The average molecular weight is 740 g/mol. The fourth-order valence-corrected chi connectivity index (χ4v) is 7.00. The molecular formula is C39H50ClN3O7S. The van der Waals surface area contributed by atoms with Crippen LogP contribution in [0.4, 0.5) is 4.79 Å². The summed E-state index contributed by atoms with van der Waals surface area (Å²) in [6, 6.07) is 16.2. The lowest BCUT2D eigenvalue weighted by Gasteiger charge is -2.25.